The van der Waals surface area contributed by atoms with Crippen LogP contribution in [0.2, 0.25) is 0 Å². The number of hydrogen-bond donors (Lipinski definition) is 1. The fourth-order valence-electron chi connectivity index (χ4n) is 2.25. The molecule has 0 amide bonds. The van der Waals surface area contributed by atoms with Gasteiger partial charge in [-0.25, -0.2) is 9.97 Å². The molecule has 25 heavy (non-hydrogen) atoms. The minimum Gasteiger partial charge on any atom is -0.334 e. The summed E-state index contributed by atoms with van der Waals surface area (Å²) < 4.78 is 0. The number of anilines is 2. The molecule has 7 heteroatoms. The number of rotatable bonds is 5. The van der Waals surface area contributed by atoms with Gasteiger partial charge in [0.2, 0.25) is 5.82 Å². The van der Waals surface area contributed by atoms with E-state index < -0.39 is 4.92 Å². The van der Waals surface area contributed by atoms with Crippen LogP contribution < -0.4 is 5.32 Å². The molecule has 3 aromatic rings. The van der Waals surface area contributed by atoms with E-state index in [1.165, 1.54) is 18.1 Å². The van der Waals surface area contributed by atoms with E-state index in [1.54, 1.807) is 0 Å². The summed E-state index contributed by atoms with van der Waals surface area (Å²) in [6.45, 7) is 3.92. The highest BCUT2D eigenvalue weighted by atomic mass is 32.2. The Balaban J connectivity index is 1.98. The van der Waals surface area contributed by atoms with Crippen LogP contribution in [0.5, 0.6) is 0 Å². The minimum absolute atomic E-state index is 0.128. The van der Waals surface area contributed by atoms with Gasteiger partial charge >= 0.3 is 5.69 Å². The minimum atomic E-state index is -0.447. The zero-order chi connectivity index (χ0) is 17.8. The van der Waals surface area contributed by atoms with E-state index in [0.717, 1.165) is 21.7 Å². The van der Waals surface area contributed by atoms with Crippen molar-refractivity contribution in [3.63, 3.8) is 0 Å². The highest BCUT2D eigenvalue weighted by Gasteiger charge is 2.24. The Morgan fingerprint density at radius 1 is 1.04 bits per heavy atom. The van der Waals surface area contributed by atoms with Crippen LogP contribution in [0, 0.1) is 24.0 Å². The molecule has 0 saturated carbocycles. The van der Waals surface area contributed by atoms with E-state index in [-0.39, 0.29) is 11.5 Å². The molecular formula is C18H16N4O2S. The quantitative estimate of drug-likeness (QED) is 0.400. The van der Waals surface area contributed by atoms with Gasteiger partial charge in [0, 0.05) is 10.6 Å². The molecule has 0 unspecified atom stereocenters. The van der Waals surface area contributed by atoms with Crippen LogP contribution in [0.3, 0.4) is 0 Å². The molecule has 0 aliphatic heterocycles. The van der Waals surface area contributed by atoms with Crippen LogP contribution in [0.1, 0.15) is 11.1 Å². The van der Waals surface area contributed by atoms with Gasteiger partial charge in [-0.15, -0.1) is 0 Å². The van der Waals surface area contributed by atoms with Crippen LogP contribution in [0.15, 0.2) is 64.8 Å². The Morgan fingerprint density at radius 3 is 2.44 bits per heavy atom. The molecule has 2 aromatic carbocycles. The van der Waals surface area contributed by atoms with Gasteiger partial charge in [-0.2, -0.15) is 0 Å². The SMILES string of the molecule is Cc1ccc(Sc2ncnc(Nc3ccccc3C)c2[N+](=O)[O-])cc1. The maximum atomic E-state index is 11.6. The molecule has 1 N–H and O–H groups in total. The van der Waals surface area contributed by atoms with Gasteiger partial charge < -0.3 is 5.32 Å². The van der Waals surface area contributed by atoms with E-state index in [4.69, 9.17) is 0 Å². The van der Waals surface area contributed by atoms with Crippen molar-refractivity contribution < 1.29 is 4.92 Å². The third-order valence-corrected chi connectivity index (χ3v) is 4.60. The van der Waals surface area contributed by atoms with Crippen molar-refractivity contribution in [3.05, 3.63) is 76.1 Å². The third-order valence-electron chi connectivity index (χ3n) is 3.60. The van der Waals surface area contributed by atoms with Crippen molar-refractivity contribution in [1.82, 2.24) is 9.97 Å². The van der Waals surface area contributed by atoms with E-state index in [1.807, 2.05) is 62.4 Å². The standard InChI is InChI=1S/C18H16N4O2S/c1-12-7-9-14(10-8-12)25-18-16(22(23)24)17(19-11-20-18)21-15-6-4-3-5-13(15)2/h3-11H,1-2H3,(H,19,20,21). The van der Waals surface area contributed by atoms with Gasteiger partial charge in [-0.1, -0.05) is 47.7 Å². The molecule has 0 saturated heterocycles. The van der Waals surface area contributed by atoms with Crippen LogP contribution in [-0.4, -0.2) is 14.9 Å². The van der Waals surface area contributed by atoms with Crippen LogP contribution in [0.4, 0.5) is 17.2 Å². The highest BCUT2D eigenvalue weighted by Crippen LogP contribution is 2.37. The first-order chi connectivity index (χ1) is 12.0. The Bertz CT molecular complexity index is 913. The molecule has 3 rings (SSSR count). The number of nitro groups is 1. The topological polar surface area (TPSA) is 81.0 Å². The predicted octanol–water partition coefficient (Wildman–Crippen LogP) is 4.90. The lowest BCUT2D eigenvalue weighted by molar-refractivity contribution is -0.387. The summed E-state index contributed by atoms with van der Waals surface area (Å²) in [5.41, 5.74) is 2.75. The number of hydrogen-bond acceptors (Lipinski definition) is 6. The number of nitrogens with one attached hydrogen (secondary N) is 1. The number of aryl methyl sites for hydroxylation is 2. The summed E-state index contributed by atoms with van der Waals surface area (Å²) in [6, 6.07) is 15.3. The molecule has 126 valence electrons. The van der Waals surface area contributed by atoms with Crippen molar-refractivity contribution in [2.45, 2.75) is 23.8 Å². The Morgan fingerprint density at radius 2 is 1.76 bits per heavy atom. The van der Waals surface area contributed by atoms with E-state index >= 15 is 0 Å². The molecule has 0 atom stereocenters. The van der Waals surface area contributed by atoms with E-state index in [0.29, 0.717) is 5.03 Å². The Kier molecular flexibility index (Phi) is 4.95. The number of nitrogens with zero attached hydrogens (tertiary/aromatic N) is 3. The summed E-state index contributed by atoms with van der Waals surface area (Å²) in [4.78, 5) is 20.3. The third kappa shape index (κ3) is 3.95. The average molecular weight is 352 g/mol. The first-order valence-electron chi connectivity index (χ1n) is 7.61. The largest absolute Gasteiger partial charge is 0.343 e. The van der Waals surface area contributed by atoms with Crippen molar-refractivity contribution in [2.75, 3.05) is 5.32 Å². The normalized spacial score (nSPS) is 10.5. The zero-order valence-corrected chi connectivity index (χ0v) is 14.6. The summed E-state index contributed by atoms with van der Waals surface area (Å²) in [6.07, 6.45) is 1.34. The number of para-hydroxylation sites is 1. The second-order valence-electron chi connectivity index (χ2n) is 5.49. The lowest BCUT2D eigenvalue weighted by atomic mass is 10.2. The summed E-state index contributed by atoms with van der Waals surface area (Å²) in [5.74, 6) is 0.184. The van der Waals surface area contributed by atoms with Gasteiger partial charge in [0.25, 0.3) is 0 Å². The van der Waals surface area contributed by atoms with Gasteiger partial charge in [0.1, 0.15) is 6.33 Å². The van der Waals surface area contributed by atoms with Crippen molar-refractivity contribution in [2.24, 2.45) is 0 Å². The number of aromatic nitrogens is 2. The molecule has 0 aliphatic rings. The maximum absolute atomic E-state index is 11.6. The van der Waals surface area contributed by atoms with Gasteiger partial charge in [-0.3, -0.25) is 10.1 Å². The molecule has 1 heterocycles. The smallest absolute Gasteiger partial charge is 0.334 e. The van der Waals surface area contributed by atoms with Crippen LogP contribution >= 0.6 is 11.8 Å². The Hall–Kier alpha value is -2.93. The van der Waals surface area contributed by atoms with Crippen LogP contribution in [0.25, 0.3) is 0 Å². The number of benzene rings is 2. The van der Waals surface area contributed by atoms with E-state index in [2.05, 4.69) is 15.3 Å². The molecular weight excluding hydrogens is 336 g/mol. The van der Waals surface area contributed by atoms with Gasteiger partial charge in [-0.05, 0) is 37.6 Å². The van der Waals surface area contributed by atoms with Crippen LogP contribution in [-0.2, 0) is 0 Å². The second-order valence-corrected chi connectivity index (χ2v) is 6.55. The lowest BCUT2D eigenvalue weighted by Gasteiger charge is -2.10. The molecule has 6 nitrogen and oxygen atoms in total. The summed E-state index contributed by atoms with van der Waals surface area (Å²) >= 11 is 1.25. The van der Waals surface area contributed by atoms with Gasteiger partial charge in [0.05, 0.1) is 4.92 Å². The zero-order valence-electron chi connectivity index (χ0n) is 13.8. The first kappa shape index (κ1) is 16.9. The maximum Gasteiger partial charge on any atom is 0.343 e. The molecule has 0 spiro atoms. The van der Waals surface area contributed by atoms with E-state index in [9.17, 15) is 10.1 Å². The lowest BCUT2D eigenvalue weighted by Crippen LogP contribution is -2.03. The van der Waals surface area contributed by atoms with Crippen molar-refractivity contribution >= 4 is 29.0 Å². The highest BCUT2D eigenvalue weighted by molar-refractivity contribution is 7.99. The fourth-order valence-corrected chi connectivity index (χ4v) is 3.12. The Labute approximate surface area is 149 Å². The monoisotopic (exact) mass is 352 g/mol. The predicted molar refractivity (Wildman–Crippen MR) is 98.5 cm³/mol. The molecule has 1 aromatic heterocycles. The molecule has 0 fully saturated rings. The first-order valence-corrected chi connectivity index (χ1v) is 8.43. The average Bonchev–Trinajstić information content (AvgIpc) is 2.59. The summed E-state index contributed by atoms with van der Waals surface area (Å²) in [7, 11) is 0. The second kappa shape index (κ2) is 7.31. The van der Waals surface area contributed by atoms with Gasteiger partial charge in [0.15, 0.2) is 5.03 Å². The molecule has 0 bridgehead atoms. The summed E-state index contributed by atoms with van der Waals surface area (Å²) in [5, 5.41) is 15.0. The molecule has 0 radical (unpaired) electrons. The van der Waals surface area contributed by atoms with Crippen molar-refractivity contribution in [3.8, 4) is 0 Å². The van der Waals surface area contributed by atoms with Crippen molar-refractivity contribution in [1.29, 1.82) is 0 Å². The molecule has 0 aliphatic carbocycles. The fraction of sp³-hybridized carbons (Fsp3) is 0.111.